The molecule has 106 valence electrons. The molecule has 1 amide bonds. The van der Waals surface area contributed by atoms with E-state index in [4.69, 9.17) is 0 Å². The van der Waals surface area contributed by atoms with Gasteiger partial charge in [-0.1, -0.05) is 12.1 Å². The normalized spacial score (nSPS) is 14.1. The van der Waals surface area contributed by atoms with Crippen molar-refractivity contribution in [3.8, 4) is 0 Å². The molecule has 0 aliphatic carbocycles. The van der Waals surface area contributed by atoms with E-state index in [0.29, 0.717) is 0 Å². The second-order valence-corrected chi connectivity index (χ2v) is 3.81. The van der Waals surface area contributed by atoms with Gasteiger partial charge < -0.3 is 5.32 Å². The van der Waals surface area contributed by atoms with E-state index >= 15 is 0 Å². The Balaban J connectivity index is 2.79. The second-order valence-electron chi connectivity index (χ2n) is 3.81. The maximum Gasteiger partial charge on any atom is 0.471 e. The van der Waals surface area contributed by atoms with Crippen LogP contribution >= 0.6 is 0 Å². The summed E-state index contributed by atoms with van der Waals surface area (Å²) in [5, 5.41) is 1.65. The summed E-state index contributed by atoms with van der Waals surface area (Å²) in [6.45, 7) is 1.24. The highest BCUT2D eigenvalue weighted by Gasteiger charge is 2.39. The van der Waals surface area contributed by atoms with Gasteiger partial charge in [-0.15, -0.1) is 0 Å². The zero-order valence-corrected chi connectivity index (χ0v) is 9.56. The lowest BCUT2D eigenvalue weighted by molar-refractivity contribution is -0.174. The number of alkyl halides is 6. The van der Waals surface area contributed by atoms with E-state index < -0.39 is 29.9 Å². The number of hydrogen-bond donors (Lipinski definition) is 1. The fraction of sp³-hybridized carbons (Fsp3) is 0.364. The number of rotatable bonds is 2. The summed E-state index contributed by atoms with van der Waals surface area (Å²) in [5.41, 5.74) is -0.767. The highest BCUT2D eigenvalue weighted by molar-refractivity contribution is 5.82. The summed E-state index contributed by atoms with van der Waals surface area (Å²) in [5.74, 6) is -2.14. The first-order valence-corrected chi connectivity index (χ1v) is 5.06. The predicted molar refractivity (Wildman–Crippen MR) is 54.1 cm³/mol. The van der Waals surface area contributed by atoms with Crippen LogP contribution in [-0.2, 0) is 11.0 Å². The summed E-state index contributed by atoms with van der Waals surface area (Å²) < 4.78 is 72.8. The predicted octanol–water partition coefficient (Wildman–Crippen LogP) is 3.44. The Morgan fingerprint density at radius 2 is 1.53 bits per heavy atom. The minimum atomic E-state index is -5.03. The number of nitrogens with one attached hydrogen (secondary N) is 1. The Kier molecular flexibility index (Phi) is 4.12. The van der Waals surface area contributed by atoms with Crippen molar-refractivity contribution in [1.82, 2.24) is 5.32 Å². The van der Waals surface area contributed by atoms with Crippen molar-refractivity contribution in [2.24, 2.45) is 0 Å². The van der Waals surface area contributed by atoms with Gasteiger partial charge >= 0.3 is 18.3 Å². The lowest BCUT2D eigenvalue weighted by Gasteiger charge is -2.16. The van der Waals surface area contributed by atoms with E-state index in [-0.39, 0.29) is 5.56 Å². The lowest BCUT2D eigenvalue weighted by atomic mass is 10.1. The molecule has 0 aromatic heterocycles. The molecule has 1 unspecified atom stereocenters. The van der Waals surface area contributed by atoms with Crippen molar-refractivity contribution < 1.29 is 31.1 Å². The molecule has 0 spiro atoms. The Labute approximate surface area is 104 Å². The third-order valence-electron chi connectivity index (χ3n) is 2.34. The van der Waals surface area contributed by atoms with E-state index in [2.05, 4.69) is 0 Å². The maximum absolute atomic E-state index is 12.3. The zero-order chi connectivity index (χ0) is 14.8. The monoisotopic (exact) mass is 285 g/mol. The van der Waals surface area contributed by atoms with Gasteiger partial charge in [0.25, 0.3) is 0 Å². The number of carbonyl (C=O) groups is 1. The number of carbonyl (C=O) groups excluding carboxylic acids is 1. The molecule has 0 radical (unpaired) electrons. The van der Waals surface area contributed by atoms with Crippen LogP contribution < -0.4 is 5.32 Å². The molecule has 0 heterocycles. The fourth-order valence-corrected chi connectivity index (χ4v) is 1.32. The molecule has 1 aromatic carbocycles. The van der Waals surface area contributed by atoms with Crippen molar-refractivity contribution in [1.29, 1.82) is 0 Å². The van der Waals surface area contributed by atoms with Crippen LogP contribution in [-0.4, -0.2) is 12.1 Å². The molecule has 1 N–H and O–H groups in total. The Hall–Kier alpha value is -1.73. The van der Waals surface area contributed by atoms with Crippen LogP contribution in [0.2, 0.25) is 0 Å². The fourth-order valence-electron chi connectivity index (χ4n) is 1.32. The zero-order valence-electron chi connectivity index (χ0n) is 9.56. The Bertz CT molecular complexity index is 448. The first kappa shape index (κ1) is 15.3. The summed E-state index contributed by atoms with van der Waals surface area (Å²) in [7, 11) is 0. The molecular weight excluding hydrogens is 276 g/mol. The maximum atomic E-state index is 12.3. The van der Waals surface area contributed by atoms with Crippen LogP contribution in [0.4, 0.5) is 26.3 Å². The molecule has 1 rings (SSSR count). The van der Waals surface area contributed by atoms with Gasteiger partial charge in [0, 0.05) is 0 Å². The first-order valence-electron chi connectivity index (χ1n) is 5.06. The van der Waals surface area contributed by atoms with Crippen molar-refractivity contribution in [3.05, 3.63) is 35.4 Å². The molecule has 0 aliphatic heterocycles. The van der Waals surface area contributed by atoms with Gasteiger partial charge in [-0.2, -0.15) is 26.3 Å². The van der Waals surface area contributed by atoms with Gasteiger partial charge in [0.2, 0.25) is 0 Å². The van der Waals surface area contributed by atoms with Crippen LogP contribution in [0, 0.1) is 0 Å². The topological polar surface area (TPSA) is 29.1 Å². The number of halogens is 6. The molecule has 0 fully saturated rings. The smallest absolute Gasteiger partial charge is 0.342 e. The van der Waals surface area contributed by atoms with Gasteiger partial charge in [-0.25, -0.2) is 0 Å². The van der Waals surface area contributed by atoms with Gasteiger partial charge in [0.15, 0.2) is 0 Å². The average molecular weight is 285 g/mol. The van der Waals surface area contributed by atoms with Crippen LogP contribution in [0.25, 0.3) is 0 Å². The van der Waals surface area contributed by atoms with Crippen molar-refractivity contribution in [2.45, 2.75) is 25.3 Å². The number of hydrogen-bond acceptors (Lipinski definition) is 1. The SMILES string of the molecule is CC(NC(=O)C(F)(F)F)c1ccc(C(F)(F)F)cc1. The molecule has 0 saturated heterocycles. The quantitative estimate of drug-likeness (QED) is 0.828. The van der Waals surface area contributed by atoms with Gasteiger partial charge in [0.05, 0.1) is 11.6 Å². The molecule has 0 saturated carbocycles. The summed E-state index contributed by atoms with van der Waals surface area (Å²) in [4.78, 5) is 10.7. The van der Waals surface area contributed by atoms with Crippen molar-refractivity contribution >= 4 is 5.91 Å². The molecular formula is C11H9F6NO. The number of benzene rings is 1. The van der Waals surface area contributed by atoms with Crippen LogP contribution in [0.3, 0.4) is 0 Å². The van der Waals surface area contributed by atoms with Gasteiger partial charge in [0.1, 0.15) is 0 Å². The summed E-state index contributed by atoms with van der Waals surface area (Å²) in [6, 6.07) is 2.47. The van der Waals surface area contributed by atoms with Crippen LogP contribution in [0.5, 0.6) is 0 Å². The molecule has 19 heavy (non-hydrogen) atoms. The van der Waals surface area contributed by atoms with E-state index in [1.165, 1.54) is 6.92 Å². The van der Waals surface area contributed by atoms with E-state index in [0.717, 1.165) is 24.3 Å². The number of amides is 1. The van der Waals surface area contributed by atoms with E-state index in [9.17, 15) is 31.1 Å². The van der Waals surface area contributed by atoms with Gasteiger partial charge in [-0.05, 0) is 24.6 Å². The minimum absolute atomic E-state index is 0.144. The largest absolute Gasteiger partial charge is 0.471 e. The van der Waals surface area contributed by atoms with Crippen molar-refractivity contribution in [3.63, 3.8) is 0 Å². The van der Waals surface area contributed by atoms with E-state index in [1.807, 2.05) is 0 Å². The summed E-state index contributed by atoms with van der Waals surface area (Å²) >= 11 is 0. The Morgan fingerprint density at radius 1 is 1.05 bits per heavy atom. The second kappa shape index (κ2) is 5.10. The molecule has 1 atom stereocenters. The van der Waals surface area contributed by atoms with Crippen molar-refractivity contribution in [2.75, 3.05) is 0 Å². The standard InChI is InChI=1S/C11H9F6NO/c1-6(18-9(19)11(15,16)17)7-2-4-8(5-3-7)10(12,13)14/h2-6H,1H3,(H,18,19). The third kappa shape index (κ3) is 4.15. The average Bonchev–Trinajstić information content (AvgIpc) is 2.26. The molecule has 1 aromatic rings. The minimum Gasteiger partial charge on any atom is -0.342 e. The summed E-state index contributed by atoms with van der Waals surface area (Å²) in [6.07, 6.45) is -9.54. The molecule has 0 aliphatic rings. The molecule has 0 bridgehead atoms. The highest BCUT2D eigenvalue weighted by Crippen LogP contribution is 2.30. The third-order valence-corrected chi connectivity index (χ3v) is 2.34. The van der Waals surface area contributed by atoms with Crippen LogP contribution in [0.1, 0.15) is 24.1 Å². The molecule has 8 heteroatoms. The lowest BCUT2D eigenvalue weighted by Crippen LogP contribution is -2.38. The van der Waals surface area contributed by atoms with Crippen LogP contribution in [0.15, 0.2) is 24.3 Å². The van der Waals surface area contributed by atoms with E-state index in [1.54, 1.807) is 5.32 Å². The Morgan fingerprint density at radius 3 is 1.89 bits per heavy atom. The molecule has 2 nitrogen and oxygen atoms in total. The first-order chi connectivity index (χ1) is 8.51. The van der Waals surface area contributed by atoms with Gasteiger partial charge in [-0.3, -0.25) is 4.79 Å². The highest BCUT2D eigenvalue weighted by atomic mass is 19.4.